The second-order valence-electron chi connectivity index (χ2n) is 6.19. The molecule has 2 rings (SSSR count). The number of rotatable bonds is 7. The largest absolute Gasteiger partial charge is 0.352 e. The van der Waals surface area contributed by atoms with Crippen molar-refractivity contribution in [2.45, 2.75) is 20.4 Å². The zero-order chi connectivity index (χ0) is 19.3. The molecule has 0 bridgehead atoms. The quantitative estimate of drug-likeness (QED) is 0.730. The number of benzene rings is 1. The maximum Gasteiger partial charge on any atom is 0.244 e. The number of carbonyl (C=O) groups is 1. The van der Waals surface area contributed by atoms with Gasteiger partial charge in [0.15, 0.2) is 0 Å². The Kier molecular flexibility index (Phi) is 6.61. The Hall–Kier alpha value is -2.12. The molecule has 0 aliphatic carbocycles. The van der Waals surface area contributed by atoms with Crippen molar-refractivity contribution in [3.63, 3.8) is 0 Å². The van der Waals surface area contributed by atoms with Gasteiger partial charge in [-0.3, -0.25) is 4.79 Å². The summed E-state index contributed by atoms with van der Waals surface area (Å²) in [7, 11) is -3.10. The van der Waals surface area contributed by atoms with Crippen LogP contribution in [-0.2, 0) is 21.2 Å². The summed E-state index contributed by atoms with van der Waals surface area (Å²) in [5.41, 5.74) is 3.63. The van der Waals surface area contributed by atoms with E-state index in [1.807, 2.05) is 38.1 Å². The molecule has 0 radical (unpaired) electrons. The van der Waals surface area contributed by atoms with E-state index >= 15 is 0 Å². The topological polar surface area (TPSA) is 81.1 Å². The number of carbonyl (C=O) groups excluding carboxylic acids is 1. The van der Waals surface area contributed by atoms with Gasteiger partial charge in [-0.05, 0) is 25.5 Å². The van der Waals surface area contributed by atoms with Gasteiger partial charge in [0.2, 0.25) is 5.91 Å². The van der Waals surface area contributed by atoms with E-state index in [9.17, 15) is 13.2 Å². The summed E-state index contributed by atoms with van der Waals surface area (Å²) in [4.78, 5) is 11.8. The molecule has 1 amide bonds. The Bertz CT molecular complexity index is 916. The molecule has 0 fully saturated rings. The predicted molar refractivity (Wildman–Crippen MR) is 104 cm³/mol. The van der Waals surface area contributed by atoms with Crippen molar-refractivity contribution in [1.29, 1.82) is 0 Å². The molecule has 140 valence electrons. The van der Waals surface area contributed by atoms with Gasteiger partial charge in [-0.25, -0.2) is 13.1 Å². The number of sulfone groups is 1. The van der Waals surface area contributed by atoms with Crippen LogP contribution in [-0.4, -0.2) is 42.7 Å². The van der Waals surface area contributed by atoms with Crippen molar-refractivity contribution >= 4 is 33.4 Å². The SMILES string of the molecule is Cc1ccc(Cn2nc(C)c(C=CC(=O)NCCS(C)(=O)=O)c2Cl)cc1. The van der Waals surface area contributed by atoms with Crippen molar-refractivity contribution in [2.24, 2.45) is 0 Å². The monoisotopic (exact) mass is 395 g/mol. The second kappa shape index (κ2) is 8.51. The lowest BCUT2D eigenvalue weighted by atomic mass is 10.1. The Morgan fingerprint density at radius 3 is 2.54 bits per heavy atom. The number of amides is 1. The first-order valence-corrected chi connectivity index (χ1v) is 10.5. The van der Waals surface area contributed by atoms with Crippen molar-refractivity contribution in [1.82, 2.24) is 15.1 Å². The highest BCUT2D eigenvalue weighted by atomic mass is 35.5. The molecule has 8 heteroatoms. The minimum Gasteiger partial charge on any atom is -0.352 e. The summed E-state index contributed by atoms with van der Waals surface area (Å²) >= 11 is 6.40. The maximum absolute atomic E-state index is 11.8. The van der Waals surface area contributed by atoms with Gasteiger partial charge >= 0.3 is 0 Å². The van der Waals surface area contributed by atoms with Crippen LogP contribution in [0, 0.1) is 13.8 Å². The van der Waals surface area contributed by atoms with Crippen molar-refractivity contribution in [2.75, 3.05) is 18.6 Å². The fraction of sp³-hybridized carbons (Fsp3) is 0.333. The van der Waals surface area contributed by atoms with Crippen molar-refractivity contribution < 1.29 is 13.2 Å². The van der Waals surface area contributed by atoms with Crippen LogP contribution in [0.4, 0.5) is 0 Å². The van der Waals surface area contributed by atoms with E-state index in [2.05, 4.69) is 10.4 Å². The van der Waals surface area contributed by atoms with Crippen LogP contribution in [0.1, 0.15) is 22.4 Å². The summed E-state index contributed by atoms with van der Waals surface area (Å²) in [6.45, 7) is 4.45. The molecule has 0 atom stereocenters. The Balaban J connectivity index is 2.04. The van der Waals surface area contributed by atoms with Crippen LogP contribution in [0.3, 0.4) is 0 Å². The first kappa shape index (κ1) is 20.2. The molecule has 0 saturated heterocycles. The molecule has 1 aromatic heterocycles. The number of aromatic nitrogens is 2. The number of halogens is 1. The lowest BCUT2D eigenvalue weighted by molar-refractivity contribution is -0.116. The number of aryl methyl sites for hydroxylation is 2. The summed E-state index contributed by atoms with van der Waals surface area (Å²) < 4.78 is 23.8. The van der Waals surface area contributed by atoms with E-state index in [4.69, 9.17) is 11.6 Å². The van der Waals surface area contributed by atoms with Crippen molar-refractivity contribution in [3.8, 4) is 0 Å². The maximum atomic E-state index is 11.8. The molecular weight excluding hydrogens is 374 g/mol. The predicted octanol–water partition coefficient (Wildman–Crippen LogP) is 2.38. The molecular formula is C18H22ClN3O3S. The zero-order valence-corrected chi connectivity index (χ0v) is 16.6. The van der Waals surface area contributed by atoms with Crippen LogP contribution in [0.2, 0.25) is 5.15 Å². The Morgan fingerprint density at radius 1 is 1.27 bits per heavy atom. The third-order valence-corrected chi connectivity index (χ3v) is 5.08. The first-order chi connectivity index (χ1) is 12.2. The van der Waals surface area contributed by atoms with Gasteiger partial charge < -0.3 is 5.32 Å². The van der Waals surface area contributed by atoms with E-state index in [-0.39, 0.29) is 18.2 Å². The average Bonchev–Trinajstić information content (AvgIpc) is 2.80. The molecule has 0 saturated carbocycles. The van der Waals surface area contributed by atoms with Crippen molar-refractivity contribution in [3.05, 3.63) is 57.9 Å². The molecule has 26 heavy (non-hydrogen) atoms. The molecule has 0 aliphatic rings. The van der Waals surface area contributed by atoms with Crippen LogP contribution in [0.15, 0.2) is 30.3 Å². The molecule has 6 nitrogen and oxygen atoms in total. The van der Waals surface area contributed by atoms with E-state index in [0.29, 0.717) is 23.0 Å². The number of nitrogens with one attached hydrogen (secondary N) is 1. The molecule has 0 aliphatic heterocycles. The number of nitrogens with zero attached hydrogens (tertiary/aromatic N) is 2. The van der Waals surface area contributed by atoms with Gasteiger partial charge in [-0.2, -0.15) is 5.10 Å². The Morgan fingerprint density at radius 2 is 1.92 bits per heavy atom. The highest BCUT2D eigenvalue weighted by molar-refractivity contribution is 7.90. The van der Waals surface area contributed by atoms with E-state index in [1.54, 1.807) is 10.8 Å². The molecule has 0 unspecified atom stereocenters. The van der Waals surface area contributed by atoms with Gasteiger partial charge in [-0.15, -0.1) is 0 Å². The van der Waals surface area contributed by atoms with Gasteiger partial charge in [-0.1, -0.05) is 41.4 Å². The Labute approximate surface area is 158 Å². The molecule has 1 heterocycles. The van der Waals surface area contributed by atoms with Gasteiger partial charge in [0.25, 0.3) is 0 Å². The highest BCUT2D eigenvalue weighted by Crippen LogP contribution is 2.22. The third kappa shape index (κ3) is 6.00. The van der Waals surface area contributed by atoms with Crippen LogP contribution >= 0.6 is 11.6 Å². The van der Waals surface area contributed by atoms with Gasteiger partial charge in [0.1, 0.15) is 15.0 Å². The summed E-state index contributed by atoms with van der Waals surface area (Å²) in [6.07, 6.45) is 4.04. The second-order valence-corrected chi connectivity index (χ2v) is 8.81. The fourth-order valence-electron chi connectivity index (χ4n) is 2.31. The van der Waals surface area contributed by atoms with E-state index < -0.39 is 9.84 Å². The third-order valence-electron chi connectivity index (χ3n) is 3.74. The minimum absolute atomic E-state index is 0.0708. The summed E-state index contributed by atoms with van der Waals surface area (Å²) in [6, 6.07) is 8.10. The zero-order valence-electron chi connectivity index (χ0n) is 15.0. The van der Waals surface area contributed by atoms with E-state index in [1.165, 1.54) is 11.6 Å². The number of hydrogen-bond acceptors (Lipinski definition) is 4. The smallest absolute Gasteiger partial charge is 0.244 e. The minimum atomic E-state index is -3.10. The lowest BCUT2D eigenvalue weighted by Crippen LogP contribution is -2.27. The van der Waals surface area contributed by atoms with Crippen LogP contribution < -0.4 is 5.32 Å². The van der Waals surface area contributed by atoms with E-state index in [0.717, 1.165) is 11.8 Å². The van der Waals surface area contributed by atoms with Gasteiger partial charge in [0, 0.05) is 24.4 Å². The lowest BCUT2D eigenvalue weighted by Gasteiger charge is -2.04. The van der Waals surface area contributed by atoms with Crippen LogP contribution in [0.25, 0.3) is 6.08 Å². The highest BCUT2D eigenvalue weighted by Gasteiger charge is 2.12. The summed E-state index contributed by atoms with van der Waals surface area (Å²) in [5.74, 6) is -0.476. The first-order valence-electron chi connectivity index (χ1n) is 8.08. The molecule has 1 aromatic carbocycles. The van der Waals surface area contributed by atoms with Gasteiger partial charge in [0.05, 0.1) is 18.0 Å². The molecule has 0 spiro atoms. The molecule has 1 N–H and O–H groups in total. The number of hydrogen-bond donors (Lipinski definition) is 1. The fourth-order valence-corrected chi connectivity index (χ4v) is 3.08. The molecule has 2 aromatic rings. The van der Waals surface area contributed by atoms with Crippen LogP contribution in [0.5, 0.6) is 0 Å². The standard InChI is InChI=1S/C18H22ClN3O3S/c1-13-4-6-15(7-5-13)12-22-18(19)16(14(2)21-22)8-9-17(23)20-10-11-26(3,24)25/h4-9H,10-12H2,1-3H3,(H,20,23). The summed E-state index contributed by atoms with van der Waals surface area (Å²) in [5, 5.41) is 7.40. The average molecular weight is 396 g/mol. The normalized spacial score (nSPS) is 11.8.